The van der Waals surface area contributed by atoms with E-state index in [4.69, 9.17) is 19.3 Å². The maximum atomic E-state index is 12.4. The van der Waals surface area contributed by atoms with Gasteiger partial charge in [0, 0.05) is 0 Å². The first kappa shape index (κ1) is 22.2. The van der Waals surface area contributed by atoms with Crippen LogP contribution in [0.25, 0.3) is 0 Å². The van der Waals surface area contributed by atoms with Crippen LogP contribution in [-0.2, 0) is 4.79 Å². The monoisotopic (exact) mass is 464 g/mol. The lowest BCUT2D eigenvalue weighted by Gasteiger charge is -2.13. The number of nitrogens with zero attached hydrogens (tertiary/aromatic N) is 1. The molecule has 0 saturated heterocycles. The summed E-state index contributed by atoms with van der Waals surface area (Å²) in [5, 5.41) is 12.8. The Kier molecular flexibility index (Phi) is 8.02. The van der Waals surface area contributed by atoms with Gasteiger partial charge in [0.2, 0.25) is 0 Å². The quantitative estimate of drug-likeness (QED) is 0.435. The SMILES string of the molecule is CCOc1cc(/C=N\NC(=O)c2ccc(C)cc2OC)cc(Br)c1OCC(=O)O. The number of carbonyl (C=O) groups excluding carboxylic acids is 1. The molecule has 154 valence electrons. The number of aliphatic carboxylic acids is 1. The molecule has 1 amide bonds. The number of carboxylic acids is 1. The highest BCUT2D eigenvalue weighted by molar-refractivity contribution is 9.10. The van der Waals surface area contributed by atoms with Crippen LogP contribution in [0.2, 0.25) is 0 Å². The van der Waals surface area contributed by atoms with Crippen LogP contribution in [0.1, 0.15) is 28.4 Å². The maximum Gasteiger partial charge on any atom is 0.341 e. The van der Waals surface area contributed by atoms with Crippen molar-refractivity contribution in [3.63, 3.8) is 0 Å². The molecule has 8 nitrogen and oxygen atoms in total. The summed E-state index contributed by atoms with van der Waals surface area (Å²) in [7, 11) is 1.50. The van der Waals surface area contributed by atoms with E-state index in [-0.39, 0.29) is 5.75 Å². The molecular formula is C20H21BrN2O6. The highest BCUT2D eigenvalue weighted by Gasteiger charge is 2.14. The van der Waals surface area contributed by atoms with Crippen molar-refractivity contribution in [1.29, 1.82) is 0 Å². The second-order valence-corrected chi connectivity index (χ2v) is 6.70. The molecule has 0 unspecified atom stereocenters. The number of benzene rings is 2. The standard InChI is InChI=1S/C20H21BrN2O6/c1-4-28-17-9-13(8-15(21)19(17)29-11-18(24)25)10-22-23-20(26)14-6-5-12(2)7-16(14)27-3/h5-10H,4,11H2,1-3H3,(H,23,26)(H,24,25)/b22-10-. The molecule has 0 bridgehead atoms. The van der Waals surface area contributed by atoms with Crippen molar-refractivity contribution in [2.24, 2.45) is 5.10 Å². The highest BCUT2D eigenvalue weighted by atomic mass is 79.9. The molecule has 0 aliphatic rings. The normalized spacial score (nSPS) is 10.6. The number of carbonyl (C=O) groups is 2. The van der Waals surface area contributed by atoms with Gasteiger partial charge in [0.1, 0.15) is 5.75 Å². The number of nitrogens with one attached hydrogen (secondary N) is 1. The molecule has 0 atom stereocenters. The second kappa shape index (κ2) is 10.5. The Balaban J connectivity index is 2.17. The topological polar surface area (TPSA) is 106 Å². The molecule has 9 heteroatoms. The molecule has 0 heterocycles. The van der Waals surface area contributed by atoms with E-state index in [9.17, 15) is 9.59 Å². The largest absolute Gasteiger partial charge is 0.496 e. The summed E-state index contributed by atoms with van der Waals surface area (Å²) >= 11 is 3.34. The van der Waals surface area contributed by atoms with E-state index >= 15 is 0 Å². The zero-order valence-electron chi connectivity index (χ0n) is 16.2. The van der Waals surface area contributed by atoms with E-state index in [1.807, 2.05) is 13.0 Å². The molecule has 2 N–H and O–H groups in total. The van der Waals surface area contributed by atoms with E-state index in [0.717, 1.165) is 5.56 Å². The van der Waals surface area contributed by atoms with E-state index < -0.39 is 18.5 Å². The van der Waals surface area contributed by atoms with Crippen molar-refractivity contribution < 1.29 is 28.9 Å². The average Bonchev–Trinajstić information content (AvgIpc) is 2.67. The van der Waals surface area contributed by atoms with Crippen LogP contribution in [0, 0.1) is 6.92 Å². The van der Waals surface area contributed by atoms with Gasteiger partial charge >= 0.3 is 5.97 Å². The Morgan fingerprint density at radius 2 is 1.97 bits per heavy atom. The number of methoxy groups -OCH3 is 1. The van der Waals surface area contributed by atoms with E-state index in [1.165, 1.54) is 13.3 Å². The van der Waals surface area contributed by atoms with Gasteiger partial charge < -0.3 is 19.3 Å². The Morgan fingerprint density at radius 1 is 1.21 bits per heavy atom. The van der Waals surface area contributed by atoms with Crippen molar-refractivity contribution >= 4 is 34.0 Å². The Bertz CT molecular complexity index is 929. The average molecular weight is 465 g/mol. The zero-order valence-corrected chi connectivity index (χ0v) is 17.8. The number of hydrogen-bond donors (Lipinski definition) is 2. The van der Waals surface area contributed by atoms with Crippen molar-refractivity contribution in [3.8, 4) is 17.2 Å². The van der Waals surface area contributed by atoms with Crippen molar-refractivity contribution in [3.05, 3.63) is 51.5 Å². The predicted molar refractivity (Wildman–Crippen MR) is 111 cm³/mol. The molecule has 0 spiro atoms. The molecule has 2 aromatic carbocycles. The van der Waals surface area contributed by atoms with Gasteiger partial charge in [-0.25, -0.2) is 10.2 Å². The van der Waals surface area contributed by atoms with Crippen LogP contribution in [0.3, 0.4) is 0 Å². The van der Waals surface area contributed by atoms with Gasteiger partial charge in [-0.05, 0) is 65.2 Å². The lowest BCUT2D eigenvalue weighted by atomic mass is 10.1. The van der Waals surface area contributed by atoms with Crippen molar-refractivity contribution in [2.75, 3.05) is 20.3 Å². The van der Waals surface area contributed by atoms with Crippen LogP contribution < -0.4 is 19.6 Å². The lowest BCUT2D eigenvalue weighted by Crippen LogP contribution is -2.18. The van der Waals surface area contributed by atoms with Crippen LogP contribution in [-0.4, -0.2) is 43.5 Å². The Morgan fingerprint density at radius 3 is 2.62 bits per heavy atom. The minimum absolute atomic E-state index is 0.278. The number of ether oxygens (including phenoxy) is 3. The third-order valence-corrected chi connectivity index (χ3v) is 4.24. The van der Waals surface area contributed by atoms with Gasteiger partial charge in [-0.1, -0.05) is 6.07 Å². The Hall–Kier alpha value is -3.07. The summed E-state index contributed by atoms with van der Waals surface area (Å²) in [5.41, 5.74) is 4.40. The van der Waals surface area contributed by atoms with Crippen LogP contribution >= 0.6 is 15.9 Å². The fourth-order valence-electron chi connectivity index (χ4n) is 2.41. The van der Waals surface area contributed by atoms with Gasteiger partial charge in [0.15, 0.2) is 18.1 Å². The van der Waals surface area contributed by atoms with Gasteiger partial charge in [0.05, 0.1) is 30.0 Å². The summed E-state index contributed by atoms with van der Waals surface area (Å²) in [6.07, 6.45) is 1.44. The minimum Gasteiger partial charge on any atom is -0.496 e. The van der Waals surface area contributed by atoms with Crippen LogP contribution in [0.5, 0.6) is 17.2 Å². The molecule has 0 fully saturated rings. The summed E-state index contributed by atoms with van der Waals surface area (Å²) in [6, 6.07) is 8.54. The maximum absolute atomic E-state index is 12.4. The molecule has 0 aromatic heterocycles. The summed E-state index contributed by atoms with van der Waals surface area (Å²) in [4.78, 5) is 23.1. The van der Waals surface area contributed by atoms with E-state index in [1.54, 1.807) is 31.2 Å². The fourth-order valence-corrected chi connectivity index (χ4v) is 2.99. The van der Waals surface area contributed by atoms with Crippen LogP contribution in [0.4, 0.5) is 0 Å². The lowest BCUT2D eigenvalue weighted by molar-refractivity contribution is -0.139. The summed E-state index contributed by atoms with van der Waals surface area (Å²) < 4.78 is 16.5. The number of hydrogen-bond acceptors (Lipinski definition) is 6. The van der Waals surface area contributed by atoms with E-state index in [2.05, 4.69) is 26.5 Å². The number of aryl methyl sites for hydroxylation is 1. The first-order valence-electron chi connectivity index (χ1n) is 8.64. The number of halogens is 1. The van der Waals surface area contributed by atoms with Gasteiger partial charge in [0.25, 0.3) is 5.91 Å². The zero-order chi connectivity index (χ0) is 21.4. The molecule has 0 radical (unpaired) electrons. The van der Waals surface area contributed by atoms with Crippen molar-refractivity contribution in [1.82, 2.24) is 5.43 Å². The van der Waals surface area contributed by atoms with Gasteiger partial charge in [-0.15, -0.1) is 0 Å². The van der Waals surface area contributed by atoms with Crippen LogP contribution in [0.15, 0.2) is 39.9 Å². The third-order valence-electron chi connectivity index (χ3n) is 3.65. The first-order valence-corrected chi connectivity index (χ1v) is 9.44. The highest BCUT2D eigenvalue weighted by Crippen LogP contribution is 2.36. The summed E-state index contributed by atoms with van der Waals surface area (Å²) in [6.45, 7) is 3.56. The fraction of sp³-hybridized carbons (Fsp3) is 0.250. The molecular weight excluding hydrogens is 444 g/mol. The van der Waals surface area contributed by atoms with Gasteiger partial charge in [-0.2, -0.15) is 5.10 Å². The first-order chi connectivity index (χ1) is 13.8. The third kappa shape index (κ3) is 6.21. The number of amides is 1. The van der Waals surface area contributed by atoms with Crippen molar-refractivity contribution in [2.45, 2.75) is 13.8 Å². The summed E-state index contributed by atoms with van der Waals surface area (Å²) in [5.74, 6) is -0.419. The molecule has 0 saturated carbocycles. The second-order valence-electron chi connectivity index (χ2n) is 5.85. The number of hydrazone groups is 1. The number of rotatable bonds is 9. The Labute approximate surface area is 176 Å². The van der Waals surface area contributed by atoms with Gasteiger partial charge in [-0.3, -0.25) is 4.79 Å². The smallest absolute Gasteiger partial charge is 0.341 e. The molecule has 2 aromatic rings. The molecule has 0 aliphatic carbocycles. The minimum atomic E-state index is -1.10. The predicted octanol–water partition coefficient (Wildman–Crippen LogP) is 3.39. The molecule has 29 heavy (non-hydrogen) atoms. The molecule has 0 aliphatic heterocycles. The van der Waals surface area contributed by atoms with E-state index in [0.29, 0.717) is 33.7 Å². The number of carboxylic acid groups (broad SMARTS) is 1. The molecule has 2 rings (SSSR count).